The zero-order valence-corrected chi connectivity index (χ0v) is 19.5. The second-order valence-corrected chi connectivity index (χ2v) is 9.49. The summed E-state index contributed by atoms with van der Waals surface area (Å²) in [7, 11) is 0. The maximum atomic E-state index is 3.65. The van der Waals surface area contributed by atoms with Gasteiger partial charge in [-0.2, -0.15) is 0 Å². The number of rotatable bonds is 0. The largest absolute Gasteiger partial charge is 0.317 e. The molecule has 1 nitrogen and oxygen atoms in total. The Bertz CT molecular complexity index is 322. The van der Waals surface area contributed by atoms with Crippen molar-refractivity contribution in [3.05, 3.63) is 12.2 Å². The maximum Gasteiger partial charge on any atom is -0.00489 e. The minimum Gasteiger partial charge on any atom is -0.317 e. The summed E-state index contributed by atoms with van der Waals surface area (Å²) in [6, 6.07) is 0. The third-order valence-corrected chi connectivity index (χ3v) is 6.51. The number of allylic oxidation sites excluding steroid dienone is 2. The number of hydrogen-bond donors (Lipinski definition) is 1. The zero-order valence-electron chi connectivity index (χ0n) is 19.5. The van der Waals surface area contributed by atoms with Gasteiger partial charge in [-0.25, -0.2) is 0 Å². The Labute approximate surface area is 178 Å². The smallest absolute Gasteiger partial charge is 0.00489 e. The Hall–Kier alpha value is -0.300. The van der Waals surface area contributed by atoms with Gasteiger partial charge in [0.15, 0.2) is 0 Å². The van der Waals surface area contributed by atoms with Gasteiger partial charge in [-0.15, -0.1) is 0 Å². The molecule has 1 heteroatoms. The summed E-state index contributed by atoms with van der Waals surface area (Å²) in [6.07, 6.45) is 34.8. The molecule has 1 atom stereocenters. The van der Waals surface area contributed by atoms with E-state index in [1.54, 1.807) is 0 Å². The SMILES string of the molecule is CC1CCCCCC/C=C\CCCCCCCCCNCCCCCCCC1. The first-order valence-electron chi connectivity index (χ1n) is 13.3. The molecule has 0 saturated heterocycles. The predicted octanol–water partition coefficient (Wildman–Crippen LogP) is 8.97. The molecule has 0 aromatic carbocycles. The highest BCUT2D eigenvalue weighted by atomic mass is 14.8. The average Bonchev–Trinajstić information content (AvgIpc) is 2.70. The van der Waals surface area contributed by atoms with Crippen LogP contribution in [0.1, 0.15) is 142 Å². The molecule has 1 aliphatic heterocycles. The van der Waals surface area contributed by atoms with Gasteiger partial charge in [0.25, 0.3) is 0 Å². The van der Waals surface area contributed by atoms with Crippen LogP contribution in [0, 0.1) is 5.92 Å². The minimum absolute atomic E-state index is 0.951. The summed E-state index contributed by atoms with van der Waals surface area (Å²) in [4.78, 5) is 0. The first-order valence-corrected chi connectivity index (χ1v) is 13.3. The normalized spacial score (nSPS) is 26.8. The standard InChI is InChI=1S/C27H53N/c1-27-23-19-15-11-9-7-5-3-2-4-6-8-10-13-17-21-25-28-26-22-18-14-12-16-20-24-27/h3,5,27-28H,2,4,6-26H2,1H3/b5-3-. The highest BCUT2D eigenvalue weighted by Crippen LogP contribution is 2.18. The lowest BCUT2D eigenvalue weighted by molar-refractivity contribution is 0.432. The molecule has 1 N–H and O–H groups in total. The fraction of sp³-hybridized carbons (Fsp3) is 0.926. The van der Waals surface area contributed by atoms with Crippen LogP contribution in [0.25, 0.3) is 0 Å². The van der Waals surface area contributed by atoms with Crippen molar-refractivity contribution in [1.29, 1.82) is 0 Å². The molecule has 1 aliphatic rings. The third kappa shape index (κ3) is 19.0. The molecule has 0 fully saturated rings. The lowest BCUT2D eigenvalue weighted by Crippen LogP contribution is -2.16. The zero-order chi connectivity index (χ0) is 20.0. The molecule has 0 saturated carbocycles. The average molecular weight is 392 g/mol. The molecule has 1 heterocycles. The molecule has 0 aromatic heterocycles. The summed E-state index contributed by atoms with van der Waals surface area (Å²) in [5, 5.41) is 3.65. The first kappa shape index (κ1) is 25.7. The summed E-state index contributed by atoms with van der Waals surface area (Å²) in [5.74, 6) is 0.951. The Kier molecular flexibility index (Phi) is 19.7. The van der Waals surface area contributed by atoms with E-state index in [0.29, 0.717) is 0 Å². The van der Waals surface area contributed by atoms with Gasteiger partial charge in [0.2, 0.25) is 0 Å². The lowest BCUT2D eigenvalue weighted by atomic mass is 9.96. The van der Waals surface area contributed by atoms with Gasteiger partial charge in [-0.3, -0.25) is 0 Å². The van der Waals surface area contributed by atoms with Gasteiger partial charge in [-0.05, 0) is 57.5 Å². The van der Waals surface area contributed by atoms with Gasteiger partial charge in [0, 0.05) is 0 Å². The molecule has 1 rings (SSSR count). The Morgan fingerprint density at radius 3 is 1.29 bits per heavy atom. The molecule has 0 radical (unpaired) electrons. The van der Waals surface area contributed by atoms with Gasteiger partial charge in [0.05, 0.1) is 0 Å². The van der Waals surface area contributed by atoms with Gasteiger partial charge in [0.1, 0.15) is 0 Å². The van der Waals surface area contributed by atoms with Crippen LogP contribution in [0.3, 0.4) is 0 Å². The third-order valence-electron chi connectivity index (χ3n) is 6.51. The van der Waals surface area contributed by atoms with E-state index in [2.05, 4.69) is 24.4 Å². The molecule has 0 bridgehead atoms. The van der Waals surface area contributed by atoms with E-state index in [9.17, 15) is 0 Å². The molecule has 166 valence electrons. The monoisotopic (exact) mass is 391 g/mol. The van der Waals surface area contributed by atoms with Crippen LogP contribution in [-0.2, 0) is 0 Å². The summed E-state index contributed by atoms with van der Waals surface area (Å²) in [6.45, 7) is 4.96. The van der Waals surface area contributed by atoms with Gasteiger partial charge < -0.3 is 5.32 Å². The maximum absolute atomic E-state index is 3.65. The highest BCUT2D eigenvalue weighted by Gasteiger charge is 2.02. The van der Waals surface area contributed by atoms with Gasteiger partial charge in [-0.1, -0.05) is 115 Å². The molecule has 28 heavy (non-hydrogen) atoms. The fourth-order valence-electron chi connectivity index (χ4n) is 4.46. The molecule has 0 amide bonds. The molecular weight excluding hydrogens is 338 g/mol. The molecule has 0 aliphatic carbocycles. The lowest BCUT2D eigenvalue weighted by Gasteiger charge is -2.11. The van der Waals surface area contributed by atoms with E-state index < -0.39 is 0 Å². The van der Waals surface area contributed by atoms with Crippen LogP contribution < -0.4 is 5.32 Å². The summed E-state index contributed by atoms with van der Waals surface area (Å²) in [5.41, 5.74) is 0. The van der Waals surface area contributed by atoms with E-state index in [-0.39, 0.29) is 0 Å². The topological polar surface area (TPSA) is 12.0 Å². The van der Waals surface area contributed by atoms with Crippen molar-refractivity contribution in [2.45, 2.75) is 142 Å². The van der Waals surface area contributed by atoms with Crippen LogP contribution >= 0.6 is 0 Å². The molecule has 0 spiro atoms. The van der Waals surface area contributed by atoms with Crippen molar-refractivity contribution in [2.75, 3.05) is 13.1 Å². The van der Waals surface area contributed by atoms with Crippen molar-refractivity contribution < 1.29 is 0 Å². The summed E-state index contributed by atoms with van der Waals surface area (Å²) >= 11 is 0. The van der Waals surface area contributed by atoms with Crippen molar-refractivity contribution >= 4 is 0 Å². The van der Waals surface area contributed by atoms with E-state index >= 15 is 0 Å². The Morgan fingerprint density at radius 1 is 0.464 bits per heavy atom. The molecule has 1 unspecified atom stereocenters. The number of nitrogens with one attached hydrogen (secondary N) is 1. The van der Waals surface area contributed by atoms with Crippen molar-refractivity contribution in [1.82, 2.24) is 5.32 Å². The Morgan fingerprint density at radius 2 is 0.821 bits per heavy atom. The van der Waals surface area contributed by atoms with E-state index in [1.165, 1.54) is 148 Å². The second-order valence-electron chi connectivity index (χ2n) is 9.49. The van der Waals surface area contributed by atoms with E-state index in [1.807, 2.05) is 0 Å². The van der Waals surface area contributed by atoms with E-state index in [0.717, 1.165) is 5.92 Å². The minimum atomic E-state index is 0.951. The fourth-order valence-corrected chi connectivity index (χ4v) is 4.46. The van der Waals surface area contributed by atoms with Crippen molar-refractivity contribution in [2.24, 2.45) is 5.92 Å². The number of hydrogen-bond acceptors (Lipinski definition) is 1. The van der Waals surface area contributed by atoms with Crippen LogP contribution in [0.4, 0.5) is 0 Å². The van der Waals surface area contributed by atoms with E-state index in [4.69, 9.17) is 0 Å². The second kappa shape index (κ2) is 21.4. The van der Waals surface area contributed by atoms with Gasteiger partial charge >= 0.3 is 0 Å². The highest BCUT2D eigenvalue weighted by molar-refractivity contribution is 4.81. The predicted molar refractivity (Wildman–Crippen MR) is 128 cm³/mol. The Balaban J connectivity index is 2.10. The summed E-state index contributed by atoms with van der Waals surface area (Å²) < 4.78 is 0. The van der Waals surface area contributed by atoms with Crippen molar-refractivity contribution in [3.8, 4) is 0 Å². The van der Waals surface area contributed by atoms with Crippen LogP contribution in [-0.4, -0.2) is 13.1 Å². The van der Waals surface area contributed by atoms with Crippen LogP contribution in [0.5, 0.6) is 0 Å². The molecular formula is C27H53N. The van der Waals surface area contributed by atoms with Crippen molar-refractivity contribution in [3.63, 3.8) is 0 Å². The van der Waals surface area contributed by atoms with Crippen LogP contribution in [0.2, 0.25) is 0 Å². The van der Waals surface area contributed by atoms with Crippen LogP contribution in [0.15, 0.2) is 12.2 Å². The first-order chi connectivity index (χ1) is 13.9. The quantitative estimate of drug-likeness (QED) is 0.406. The molecule has 0 aromatic rings.